The number of rotatable bonds is 5. The molecule has 112 valence electrons. The molecule has 1 aliphatic rings. The number of nitrogens with zero attached hydrogens (tertiary/aromatic N) is 2. The van der Waals surface area contributed by atoms with Crippen LogP contribution in [0.4, 0.5) is 5.82 Å². The average Bonchev–Trinajstić information content (AvgIpc) is 2.47. The maximum Gasteiger partial charge on any atom is 0.162 e. The zero-order chi connectivity index (χ0) is 14.6. The quantitative estimate of drug-likeness (QED) is 0.893. The molecule has 20 heavy (non-hydrogen) atoms. The van der Waals surface area contributed by atoms with E-state index < -0.39 is 0 Å². The number of ether oxygens (including phenoxy) is 1. The van der Waals surface area contributed by atoms with Crippen LogP contribution in [0.15, 0.2) is 0 Å². The molecule has 1 aromatic heterocycles. The third-order valence-corrected chi connectivity index (χ3v) is 4.07. The summed E-state index contributed by atoms with van der Waals surface area (Å²) >= 11 is 0. The van der Waals surface area contributed by atoms with Gasteiger partial charge in [0.15, 0.2) is 5.82 Å². The van der Waals surface area contributed by atoms with Crippen molar-refractivity contribution in [3.63, 3.8) is 0 Å². The fourth-order valence-corrected chi connectivity index (χ4v) is 2.67. The van der Waals surface area contributed by atoms with Gasteiger partial charge in [-0.15, -0.1) is 0 Å². The molecular formula is C16H27N3O. The van der Waals surface area contributed by atoms with Crippen molar-refractivity contribution >= 4 is 5.82 Å². The van der Waals surface area contributed by atoms with Crippen molar-refractivity contribution in [2.24, 2.45) is 0 Å². The summed E-state index contributed by atoms with van der Waals surface area (Å²) in [6.45, 7) is 10.3. The topological polar surface area (TPSA) is 47.0 Å². The molecule has 2 rings (SSSR count). The highest BCUT2D eigenvalue weighted by molar-refractivity contribution is 5.46. The summed E-state index contributed by atoms with van der Waals surface area (Å²) in [6, 6.07) is 0. The smallest absolute Gasteiger partial charge is 0.162 e. The molecule has 0 spiro atoms. The highest BCUT2D eigenvalue weighted by Gasteiger charge is 2.33. The van der Waals surface area contributed by atoms with Gasteiger partial charge in [0.1, 0.15) is 11.4 Å². The summed E-state index contributed by atoms with van der Waals surface area (Å²) in [5.41, 5.74) is 1.98. The standard InChI is InChI=1S/C16H27N3O/c1-5-10-17-14-12(3)13(6-2)18-15(19-14)16(4)9-7-8-11-20-16/h5-11H2,1-4H3,(H,17,18,19). The molecule has 1 atom stereocenters. The monoisotopic (exact) mass is 277 g/mol. The first kappa shape index (κ1) is 15.2. The first-order valence-electron chi connectivity index (χ1n) is 7.86. The van der Waals surface area contributed by atoms with Gasteiger partial charge in [-0.2, -0.15) is 0 Å². The van der Waals surface area contributed by atoms with Gasteiger partial charge in [0.25, 0.3) is 0 Å². The number of hydrogen-bond donors (Lipinski definition) is 1. The van der Waals surface area contributed by atoms with Crippen molar-refractivity contribution in [3.05, 3.63) is 17.1 Å². The number of aryl methyl sites for hydroxylation is 1. The fraction of sp³-hybridized carbons (Fsp3) is 0.750. The van der Waals surface area contributed by atoms with Crippen molar-refractivity contribution < 1.29 is 4.74 Å². The largest absolute Gasteiger partial charge is 0.370 e. The Balaban J connectivity index is 2.37. The van der Waals surface area contributed by atoms with E-state index in [2.05, 4.69) is 33.0 Å². The Bertz CT molecular complexity index is 453. The van der Waals surface area contributed by atoms with Crippen LogP contribution in [-0.2, 0) is 16.8 Å². The lowest BCUT2D eigenvalue weighted by Crippen LogP contribution is -2.33. The Hall–Kier alpha value is -1.16. The molecule has 4 heteroatoms. The molecule has 1 fully saturated rings. The zero-order valence-electron chi connectivity index (χ0n) is 13.3. The van der Waals surface area contributed by atoms with Gasteiger partial charge in [-0.1, -0.05) is 13.8 Å². The minimum Gasteiger partial charge on any atom is -0.370 e. The van der Waals surface area contributed by atoms with E-state index in [0.29, 0.717) is 0 Å². The van der Waals surface area contributed by atoms with E-state index in [-0.39, 0.29) is 5.60 Å². The van der Waals surface area contributed by atoms with E-state index in [1.807, 2.05) is 0 Å². The van der Waals surface area contributed by atoms with Gasteiger partial charge in [0.05, 0.1) is 0 Å². The molecule has 1 aromatic rings. The highest BCUT2D eigenvalue weighted by Crippen LogP contribution is 2.34. The van der Waals surface area contributed by atoms with Gasteiger partial charge in [0.2, 0.25) is 0 Å². The van der Waals surface area contributed by atoms with E-state index >= 15 is 0 Å². The van der Waals surface area contributed by atoms with Crippen LogP contribution in [0.5, 0.6) is 0 Å². The molecular weight excluding hydrogens is 250 g/mol. The van der Waals surface area contributed by atoms with Crippen LogP contribution < -0.4 is 5.32 Å². The zero-order valence-corrected chi connectivity index (χ0v) is 13.3. The molecule has 0 bridgehead atoms. The van der Waals surface area contributed by atoms with Crippen molar-refractivity contribution in [3.8, 4) is 0 Å². The van der Waals surface area contributed by atoms with E-state index in [1.54, 1.807) is 0 Å². The molecule has 1 unspecified atom stereocenters. The van der Waals surface area contributed by atoms with Crippen LogP contribution in [0.25, 0.3) is 0 Å². The molecule has 0 saturated carbocycles. The van der Waals surface area contributed by atoms with Crippen molar-refractivity contribution in [1.82, 2.24) is 9.97 Å². The Kier molecular flexibility index (Phi) is 4.97. The van der Waals surface area contributed by atoms with Crippen LogP contribution in [0, 0.1) is 6.92 Å². The molecule has 0 amide bonds. The van der Waals surface area contributed by atoms with E-state index in [0.717, 1.165) is 56.2 Å². The molecule has 1 saturated heterocycles. The van der Waals surface area contributed by atoms with Gasteiger partial charge >= 0.3 is 0 Å². The predicted molar refractivity (Wildman–Crippen MR) is 82.1 cm³/mol. The third kappa shape index (κ3) is 3.11. The summed E-state index contributed by atoms with van der Waals surface area (Å²) in [5, 5.41) is 3.43. The minimum absolute atomic E-state index is 0.321. The van der Waals surface area contributed by atoms with Gasteiger partial charge in [0, 0.05) is 24.4 Å². The third-order valence-electron chi connectivity index (χ3n) is 4.07. The summed E-state index contributed by atoms with van der Waals surface area (Å²) in [6.07, 6.45) is 5.36. The van der Waals surface area contributed by atoms with Crippen LogP contribution in [-0.4, -0.2) is 23.1 Å². The normalized spacial score (nSPS) is 22.8. The molecule has 0 aliphatic carbocycles. The maximum absolute atomic E-state index is 6.00. The lowest BCUT2D eigenvalue weighted by atomic mass is 9.94. The number of hydrogen-bond acceptors (Lipinski definition) is 4. The summed E-state index contributed by atoms with van der Waals surface area (Å²) in [4.78, 5) is 9.55. The first-order valence-corrected chi connectivity index (χ1v) is 7.86. The van der Waals surface area contributed by atoms with Crippen LogP contribution in [0.1, 0.15) is 63.5 Å². The van der Waals surface area contributed by atoms with Crippen molar-refractivity contribution in [2.45, 2.75) is 65.4 Å². The van der Waals surface area contributed by atoms with Crippen LogP contribution in [0.2, 0.25) is 0 Å². The lowest BCUT2D eigenvalue weighted by Gasteiger charge is -2.33. The minimum atomic E-state index is -0.321. The molecule has 4 nitrogen and oxygen atoms in total. The second kappa shape index (κ2) is 6.53. The second-order valence-electron chi connectivity index (χ2n) is 5.78. The number of anilines is 1. The summed E-state index contributed by atoms with van der Waals surface area (Å²) in [7, 11) is 0. The molecule has 0 aromatic carbocycles. The molecule has 1 N–H and O–H groups in total. The Morgan fingerprint density at radius 3 is 2.65 bits per heavy atom. The molecule has 0 radical (unpaired) electrons. The first-order chi connectivity index (χ1) is 9.60. The second-order valence-corrected chi connectivity index (χ2v) is 5.78. The summed E-state index contributed by atoms with van der Waals surface area (Å²) < 4.78 is 6.00. The molecule has 2 heterocycles. The lowest BCUT2D eigenvalue weighted by molar-refractivity contribution is -0.0760. The van der Waals surface area contributed by atoms with Gasteiger partial charge < -0.3 is 10.1 Å². The van der Waals surface area contributed by atoms with Crippen molar-refractivity contribution in [1.29, 1.82) is 0 Å². The Morgan fingerprint density at radius 2 is 2.05 bits per heavy atom. The number of nitrogens with one attached hydrogen (secondary N) is 1. The van der Waals surface area contributed by atoms with Gasteiger partial charge in [-0.3, -0.25) is 0 Å². The van der Waals surface area contributed by atoms with Crippen LogP contribution >= 0.6 is 0 Å². The van der Waals surface area contributed by atoms with Gasteiger partial charge in [-0.25, -0.2) is 9.97 Å². The van der Waals surface area contributed by atoms with E-state index in [9.17, 15) is 0 Å². The number of aromatic nitrogens is 2. The maximum atomic E-state index is 6.00. The average molecular weight is 277 g/mol. The van der Waals surface area contributed by atoms with Crippen molar-refractivity contribution in [2.75, 3.05) is 18.5 Å². The Morgan fingerprint density at radius 1 is 1.25 bits per heavy atom. The SMILES string of the molecule is CCCNc1nc(C2(C)CCCCO2)nc(CC)c1C. The van der Waals surface area contributed by atoms with E-state index in [4.69, 9.17) is 14.7 Å². The predicted octanol–water partition coefficient (Wildman–Crippen LogP) is 3.59. The van der Waals surface area contributed by atoms with Gasteiger partial charge in [-0.05, 0) is 46.0 Å². The fourth-order valence-electron chi connectivity index (χ4n) is 2.67. The molecule has 1 aliphatic heterocycles. The van der Waals surface area contributed by atoms with E-state index in [1.165, 1.54) is 12.0 Å². The Labute approximate surface area is 122 Å². The van der Waals surface area contributed by atoms with Crippen LogP contribution in [0.3, 0.4) is 0 Å². The highest BCUT2D eigenvalue weighted by atomic mass is 16.5. The summed E-state index contributed by atoms with van der Waals surface area (Å²) in [5.74, 6) is 1.82.